The van der Waals surface area contributed by atoms with Crippen molar-refractivity contribution in [1.29, 1.82) is 0 Å². The Morgan fingerprint density at radius 1 is 1.29 bits per heavy atom. The van der Waals surface area contributed by atoms with E-state index in [1.54, 1.807) is 0 Å². The molecule has 21 heavy (non-hydrogen) atoms. The molecular formula is C15H18ClFN2O2. The van der Waals surface area contributed by atoms with Crippen molar-refractivity contribution in [3.05, 3.63) is 29.0 Å². The Balaban J connectivity index is 2.42. The maximum atomic E-state index is 13.5. The van der Waals surface area contributed by atoms with Crippen molar-refractivity contribution in [2.75, 3.05) is 11.4 Å². The molecule has 0 aliphatic carbocycles. The van der Waals surface area contributed by atoms with Gasteiger partial charge in [-0.05, 0) is 23.6 Å². The summed E-state index contributed by atoms with van der Waals surface area (Å²) < 4.78 is 13.5. The van der Waals surface area contributed by atoms with Gasteiger partial charge in [-0.15, -0.1) is 0 Å². The SMILES string of the molecule is CC(C)(C)C1NC(=O)CCN(c2cc(F)cc(Cl)c2)C1=O. The number of carbonyl (C=O) groups excluding carboxylic acids is 2. The largest absolute Gasteiger partial charge is 0.344 e. The lowest BCUT2D eigenvalue weighted by Gasteiger charge is -2.32. The van der Waals surface area contributed by atoms with Crippen LogP contribution in [0.25, 0.3) is 0 Å². The van der Waals surface area contributed by atoms with Crippen LogP contribution in [-0.4, -0.2) is 24.4 Å². The van der Waals surface area contributed by atoms with Crippen LogP contribution in [0.1, 0.15) is 27.2 Å². The first kappa shape index (κ1) is 15.8. The normalized spacial score (nSPS) is 20.2. The summed E-state index contributed by atoms with van der Waals surface area (Å²) in [6.07, 6.45) is 0.173. The summed E-state index contributed by atoms with van der Waals surface area (Å²) in [5, 5.41) is 2.96. The average molecular weight is 313 g/mol. The van der Waals surface area contributed by atoms with E-state index in [0.29, 0.717) is 5.69 Å². The minimum Gasteiger partial charge on any atom is -0.344 e. The predicted molar refractivity (Wildman–Crippen MR) is 79.8 cm³/mol. The second-order valence-corrected chi connectivity index (χ2v) is 6.67. The topological polar surface area (TPSA) is 49.4 Å². The Bertz CT molecular complexity index is 563. The van der Waals surface area contributed by atoms with E-state index in [-0.39, 0.29) is 29.8 Å². The second kappa shape index (κ2) is 5.64. The molecule has 1 unspecified atom stereocenters. The Labute approximate surface area is 128 Å². The van der Waals surface area contributed by atoms with Crippen LogP contribution in [-0.2, 0) is 9.59 Å². The molecule has 0 spiro atoms. The number of hydrogen-bond acceptors (Lipinski definition) is 2. The first-order valence-corrected chi connectivity index (χ1v) is 7.13. The van der Waals surface area contributed by atoms with Gasteiger partial charge in [0, 0.05) is 23.7 Å². The minimum absolute atomic E-state index is 0.173. The predicted octanol–water partition coefficient (Wildman–Crippen LogP) is 2.75. The molecule has 0 aromatic heterocycles. The number of rotatable bonds is 1. The molecule has 0 bridgehead atoms. The molecule has 1 aliphatic heterocycles. The Morgan fingerprint density at radius 3 is 2.52 bits per heavy atom. The maximum Gasteiger partial charge on any atom is 0.250 e. The fraction of sp³-hybridized carbons (Fsp3) is 0.467. The van der Waals surface area contributed by atoms with Crippen LogP contribution in [0.4, 0.5) is 10.1 Å². The Morgan fingerprint density at radius 2 is 1.95 bits per heavy atom. The molecule has 1 heterocycles. The van der Waals surface area contributed by atoms with E-state index < -0.39 is 17.3 Å². The zero-order valence-corrected chi connectivity index (χ0v) is 13.0. The third kappa shape index (κ3) is 3.53. The van der Waals surface area contributed by atoms with Crippen LogP contribution < -0.4 is 10.2 Å². The summed E-state index contributed by atoms with van der Waals surface area (Å²) in [6, 6.07) is 3.30. The maximum absolute atomic E-state index is 13.5. The fourth-order valence-corrected chi connectivity index (χ4v) is 2.53. The van der Waals surface area contributed by atoms with E-state index in [1.807, 2.05) is 20.8 Å². The highest BCUT2D eigenvalue weighted by atomic mass is 35.5. The standard InChI is InChI=1S/C15H18ClFN2O2/c1-15(2,3)13-14(21)19(5-4-12(20)18-13)11-7-9(16)6-10(17)8-11/h6-8,13H,4-5H2,1-3H3,(H,18,20). The second-order valence-electron chi connectivity index (χ2n) is 6.23. The van der Waals surface area contributed by atoms with Gasteiger partial charge < -0.3 is 10.2 Å². The summed E-state index contributed by atoms with van der Waals surface area (Å²) in [7, 11) is 0. The average Bonchev–Trinajstić information content (AvgIpc) is 2.47. The van der Waals surface area contributed by atoms with Crippen molar-refractivity contribution >= 4 is 29.1 Å². The molecule has 1 saturated heterocycles. The quantitative estimate of drug-likeness (QED) is 0.867. The van der Waals surface area contributed by atoms with Crippen LogP contribution in [0.15, 0.2) is 18.2 Å². The molecule has 1 fully saturated rings. The molecule has 1 aromatic carbocycles. The molecule has 2 amide bonds. The summed E-state index contributed by atoms with van der Waals surface area (Å²) in [5.74, 6) is -0.954. The Kier molecular flexibility index (Phi) is 4.23. The smallest absolute Gasteiger partial charge is 0.250 e. The molecule has 4 nitrogen and oxygen atoms in total. The fourth-order valence-electron chi connectivity index (χ4n) is 2.31. The van der Waals surface area contributed by atoms with Crippen LogP contribution in [0.5, 0.6) is 0 Å². The van der Waals surface area contributed by atoms with Crippen molar-refractivity contribution in [1.82, 2.24) is 5.32 Å². The number of halogens is 2. The van der Waals surface area contributed by atoms with E-state index in [4.69, 9.17) is 11.6 Å². The number of benzene rings is 1. The highest BCUT2D eigenvalue weighted by Crippen LogP contribution is 2.28. The number of hydrogen-bond donors (Lipinski definition) is 1. The molecule has 114 valence electrons. The molecule has 1 atom stereocenters. The summed E-state index contributed by atoms with van der Waals surface area (Å²) in [6.45, 7) is 5.82. The number of nitrogens with one attached hydrogen (secondary N) is 1. The third-order valence-electron chi connectivity index (χ3n) is 3.41. The monoisotopic (exact) mass is 312 g/mol. The molecule has 1 aliphatic rings. The highest BCUT2D eigenvalue weighted by Gasteiger charge is 2.38. The summed E-state index contributed by atoms with van der Waals surface area (Å²) >= 11 is 5.85. The van der Waals surface area contributed by atoms with Gasteiger partial charge in [-0.3, -0.25) is 9.59 Å². The number of carbonyl (C=O) groups is 2. The van der Waals surface area contributed by atoms with E-state index >= 15 is 0 Å². The van der Waals surface area contributed by atoms with Crippen molar-refractivity contribution in [2.24, 2.45) is 5.41 Å². The molecule has 1 N–H and O–H groups in total. The molecule has 0 radical (unpaired) electrons. The molecule has 6 heteroatoms. The van der Waals surface area contributed by atoms with Gasteiger partial charge in [-0.2, -0.15) is 0 Å². The summed E-state index contributed by atoms with van der Waals surface area (Å²) in [5.41, 5.74) is -0.0670. The number of amides is 2. The van der Waals surface area contributed by atoms with Gasteiger partial charge >= 0.3 is 0 Å². The lowest BCUT2D eigenvalue weighted by atomic mass is 9.86. The lowest BCUT2D eigenvalue weighted by Crippen LogP contribution is -2.52. The van der Waals surface area contributed by atoms with Gasteiger partial charge in [0.2, 0.25) is 11.8 Å². The van der Waals surface area contributed by atoms with Crippen LogP contribution in [0.2, 0.25) is 5.02 Å². The lowest BCUT2D eigenvalue weighted by molar-refractivity contribution is -0.127. The highest BCUT2D eigenvalue weighted by molar-refractivity contribution is 6.31. The first-order chi connectivity index (χ1) is 9.68. The molecular weight excluding hydrogens is 295 g/mol. The van der Waals surface area contributed by atoms with E-state index in [0.717, 1.165) is 0 Å². The van der Waals surface area contributed by atoms with Gasteiger partial charge in [0.05, 0.1) is 0 Å². The third-order valence-corrected chi connectivity index (χ3v) is 3.62. The van der Waals surface area contributed by atoms with E-state index in [1.165, 1.54) is 23.1 Å². The molecule has 1 aromatic rings. The van der Waals surface area contributed by atoms with Crippen molar-refractivity contribution in [2.45, 2.75) is 33.2 Å². The minimum atomic E-state index is -0.658. The summed E-state index contributed by atoms with van der Waals surface area (Å²) in [4.78, 5) is 25.9. The van der Waals surface area contributed by atoms with Crippen LogP contribution in [0, 0.1) is 11.2 Å². The van der Waals surface area contributed by atoms with Crippen molar-refractivity contribution < 1.29 is 14.0 Å². The van der Waals surface area contributed by atoms with Gasteiger partial charge in [-0.1, -0.05) is 32.4 Å². The molecule has 0 saturated carbocycles. The zero-order valence-electron chi connectivity index (χ0n) is 12.2. The number of nitrogens with zero attached hydrogens (tertiary/aromatic N) is 1. The van der Waals surface area contributed by atoms with Crippen LogP contribution >= 0.6 is 11.6 Å². The van der Waals surface area contributed by atoms with Gasteiger partial charge in [-0.25, -0.2) is 4.39 Å². The van der Waals surface area contributed by atoms with E-state index in [9.17, 15) is 14.0 Å². The van der Waals surface area contributed by atoms with Crippen molar-refractivity contribution in [3.63, 3.8) is 0 Å². The van der Waals surface area contributed by atoms with E-state index in [2.05, 4.69) is 5.32 Å². The van der Waals surface area contributed by atoms with Crippen molar-refractivity contribution in [3.8, 4) is 0 Å². The zero-order chi connectivity index (χ0) is 15.8. The number of anilines is 1. The van der Waals surface area contributed by atoms with Gasteiger partial charge in [0.15, 0.2) is 0 Å². The Hall–Kier alpha value is -1.62. The van der Waals surface area contributed by atoms with Crippen LogP contribution in [0.3, 0.4) is 0 Å². The van der Waals surface area contributed by atoms with Gasteiger partial charge in [0.25, 0.3) is 0 Å². The molecule has 2 rings (SSSR count). The first-order valence-electron chi connectivity index (χ1n) is 6.75. The van der Waals surface area contributed by atoms with Gasteiger partial charge in [0.1, 0.15) is 11.9 Å².